The first-order valence-corrected chi connectivity index (χ1v) is 9.63. The van der Waals surface area contributed by atoms with E-state index in [1.54, 1.807) is 6.07 Å². The van der Waals surface area contributed by atoms with Gasteiger partial charge in [0.25, 0.3) is 5.91 Å². The van der Waals surface area contributed by atoms with Gasteiger partial charge < -0.3 is 10.6 Å². The molecule has 0 bridgehead atoms. The molecule has 2 aromatic rings. The fourth-order valence-corrected chi connectivity index (χ4v) is 3.02. The topological polar surface area (TPSA) is 58.2 Å². The zero-order chi connectivity index (χ0) is 19.8. The van der Waals surface area contributed by atoms with Crippen molar-refractivity contribution in [3.8, 4) is 0 Å². The zero-order valence-electron chi connectivity index (χ0n) is 16.7. The molecular weight excluding hydrogens is 336 g/mol. The number of hydrogen-bond acceptors (Lipinski definition) is 2. The molecule has 0 aliphatic carbocycles. The van der Waals surface area contributed by atoms with Crippen molar-refractivity contribution in [2.45, 2.75) is 46.6 Å². The Kier molecular flexibility index (Phi) is 7.59. The van der Waals surface area contributed by atoms with Crippen LogP contribution in [0.1, 0.15) is 60.3 Å². The summed E-state index contributed by atoms with van der Waals surface area (Å²) in [5.41, 5.74) is 4.05. The second-order valence-electron chi connectivity index (χ2n) is 7.26. The molecule has 1 unspecified atom stereocenters. The molecule has 2 rings (SSSR count). The Labute approximate surface area is 162 Å². The lowest BCUT2D eigenvalue weighted by atomic mass is 9.94. The number of benzene rings is 2. The van der Waals surface area contributed by atoms with Crippen LogP contribution in [0.25, 0.3) is 0 Å². The molecule has 0 aliphatic heterocycles. The van der Waals surface area contributed by atoms with Crippen molar-refractivity contribution in [3.05, 3.63) is 70.8 Å². The lowest BCUT2D eigenvalue weighted by Crippen LogP contribution is -2.34. The van der Waals surface area contributed by atoms with E-state index in [0.29, 0.717) is 12.1 Å². The van der Waals surface area contributed by atoms with Gasteiger partial charge in [0.2, 0.25) is 5.91 Å². The molecule has 0 radical (unpaired) electrons. The van der Waals surface area contributed by atoms with Gasteiger partial charge in [0.05, 0.1) is 6.04 Å². The van der Waals surface area contributed by atoms with Crippen molar-refractivity contribution in [3.63, 3.8) is 0 Å². The van der Waals surface area contributed by atoms with Gasteiger partial charge >= 0.3 is 0 Å². The number of aryl methyl sites for hydroxylation is 2. The third kappa shape index (κ3) is 6.24. The van der Waals surface area contributed by atoms with Crippen molar-refractivity contribution in [1.29, 1.82) is 0 Å². The van der Waals surface area contributed by atoms with E-state index in [2.05, 4.69) is 55.7 Å². The summed E-state index contributed by atoms with van der Waals surface area (Å²) in [5.74, 6) is 0.0724. The molecule has 2 aromatic carbocycles. The van der Waals surface area contributed by atoms with Gasteiger partial charge in [-0.1, -0.05) is 62.7 Å². The van der Waals surface area contributed by atoms with E-state index < -0.39 is 0 Å². The largest absolute Gasteiger partial charge is 0.352 e. The maximum absolute atomic E-state index is 12.4. The summed E-state index contributed by atoms with van der Waals surface area (Å²) < 4.78 is 0. The fraction of sp³-hybridized carbons (Fsp3) is 0.391. The van der Waals surface area contributed by atoms with E-state index in [1.165, 1.54) is 5.56 Å². The Morgan fingerprint density at radius 3 is 2.33 bits per heavy atom. The number of carbonyl (C=O) groups is 2. The van der Waals surface area contributed by atoms with Crippen molar-refractivity contribution >= 4 is 11.8 Å². The van der Waals surface area contributed by atoms with Crippen LogP contribution >= 0.6 is 0 Å². The second kappa shape index (κ2) is 9.91. The van der Waals surface area contributed by atoms with Crippen molar-refractivity contribution in [2.24, 2.45) is 5.92 Å². The van der Waals surface area contributed by atoms with E-state index in [1.807, 2.05) is 25.1 Å². The Balaban J connectivity index is 1.87. The van der Waals surface area contributed by atoms with Crippen LogP contribution in [0.15, 0.2) is 48.5 Å². The van der Waals surface area contributed by atoms with Crippen molar-refractivity contribution in [1.82, 2.24) is 10.6 Å². The summed E-state index contributed by atoms with van der Waals surface area (Å²) in [7, 11) is 0. The Hall–Kier alpha value is -2.62. The smallest absolute Gasteiger partial charge is 0.251 e. The van der Waals surface area contributed by atoms with Crippen LogP contribution in [0.5, 0.6) is 0 Å². The van der Waals surface area contributed by atoms with E-state index in [9.17, 15) is 9.59 Å². The standard InChI is InChI=1S/C23H30N2O2/c1-5-18-9-11-19(12-10-18)22(16(2)3)25-21(26)13-14-24-23(27)20-8-6-7-17(4)15-20/h6-12,15-16,22H,5,13-14H2,1-4H3,(H,24,27)(H,25,26). The van der Waals surface area contributed by atoms with Crippen molar-refractivity contribution < 1.29 is 9.59 Å². The normalized spacial score (nSPS) is 11.9. The molecule has 4 nitrogen and oxygen atoms in total. The molecule has 2 N–H and O–H groups in total. The van der Waals surface area contributed by atoms with Crippen LogP contribution in [0.4, 0.5) is 0 Å². The minimum Gasteiger partial charge on any atom is -0.352 e. The SMILES string of the molecule is CCc1ccc(C(NC(=O)CCNC(=O)c2cccc(C)c2)C(C)C)cc1. The van der Waals surface area contributed by atoms with E-state index in [-0.39, 0.29) is 30.2 Å². The number of nitrogens with one attached hydrogen (secondary N) is 2. The number of rotatable bonds is 8. The number of carbonyl (C=O) groups excluding carboxylic acids is 2. The maximum atomic E-state index is 12.4. The van der Waals surface area contributed by atoms with Crippen molar-refractivity contribution in [2.75, 3.05) is 6.54 Å². The van der Waals surface area contributed by atoms with Gasteiger partial charge in [0, 0.05) is 18.5 Å². The lowest BCUT2D eigenvalue weighted by molar-refractivity contribution is -0.122. The summed E-state index contributed by atoms with van der Waals surface area (Å²) in [6.07, 6.45) is 1.26. The van der Waals surface area contributed by atoms with Gasteiger partial charge in [0.15, 0.2) is 0 Å². The lowest BCUT2D eigenvalue weighted by Gasteiger charge is -2.23. The molecule has 0 fully saturated rings. The average molecular weight is 367 g/mol. The predicted octanol–water partition coefficient (Wildman–Crippen LogP) is 4.19. The zero-order valence-corrected chi connectivity index (χ0v) is 16.7. The molecule has 0 saturated heterocycles. The summed E-state index contributed by atoms with van der Waals surface area (Å²) >= 11 is 0. The van der Waals surface area contributed by atoms with E-state index >= 15 is 0 Å². The highest BCUT2D eigenvalue weighted by molar-refractivity contribution is 5.94. The molecule has 4 heteroatoms. The van der Waals surface area contributed by atoms with Gasteiger partial charge in [0.1, 0.15) is 0 Å². The monoisotopic (exact) mass is 366 g/mol. The highest BCUT2D eigenvalue weighted by Crippen LogP contribution is 2.22. The summed E-state index contributed by atoms with van der Waals surface area (Å²) in [6.45, 7) is 8.58. The second-order valence-corrected chi connectivity index (χ2v) is 7.26. The van der Waals surface area contributed by atoms with Gasteiger partial charge in [-0.3, -0.25) is 9.59 Å². The molecule has 1 atom stereocenters. The predicted molar refractivity (Wildman–Crippen MR) is 110 cm³/mol. The third-order valence-corrected chi connectivity index (χ3v) is 4.65. The minimum atomic E-state index is -0.151. The molecule has 0 saturated carbocycles. The molecule has 27 heavy (non-hydrogen) atoms. The molecule has 0 heterocycles. The third-order valence-electron chi connectivity index (χ3n) is 4.65. The minimum absolute atomic E-state index is 0.0316. The van der Waals surface area contributed by atoms with E-state index in [4.69, 9.17) is 0 Å². The van der Waals surface area contributed by atoms with Crippen LogP contribution in [-0.2, 0) is 11.2 Å². The fourth-order valence-electron chi connectivity index (χ4n) is 3.02. The van der Waals surface area contributed by atoms with E-state index in [0.717, 1.165) is 17.5 Å². The first kappa shape index (κ1) is 20.7. The Bertz CT molecular complexity index is 766. The van der Waals surface area contributed by atoms with Crippen LogP contribution in [0, 0.1) is 12.8 Å². The number of hydrogen-bond donors (Lipinski definition) is 2. The maximum Gasteiger partial charge on any atom is 0.251 e. The molecule has 2 amide bonds. The van der Waals surface area contributed by atoms with Crippen LogP contribution in [-0.4, -0.2) is 18.4 Å². The Morgan fingerprint density at radius 2 is 1.74 bits per heavy atom. The highest BCUT2D eigenvalue weighted by atomic mass is 16.2. The van der Waals surface area contributed by atoms with Gasteiger partial charge in [-0.15, -0.1) is 0 Å². The Morgan fingerprint density at radius 1 is 1.04 bits per heavy atom. The first-order chi connectivity index (χ1) is 12.9. The average Bonchev–Trinajstić information content (AvgIpc) is 2.66. The van der Waals surface area contributed by atoms with Crippen LogP contribution in [0.3, 0.4) is 0 Å². The highest BCUT2D eigenvalue weighted by Gasteiger charge is 2.18. The van der Waals surface area contributed by atoms with Crippen LogP contribution < -0.4 is 10.6 Å². The van der Waals surface area contributed by atoms with Gasteiger partial charge in [-0.2, -0.15) is 0 Å². The number of amides is 2. The first-order valence-electron chi connectivity index (χ1n) is 9.63. The molecular formula is C23H30N2O2. The van der Waals surface area contributed by atoms with Crippen LogP contribution in [0.2, 0.25) is 0 Å². The molecule has 144 valence electrons. The molecule has 0 aliphatic rings. The summed E-state index contributed by atoms with van der Waals surface area (Å²) in [6, 6.07) is 15.8. The molecule has 0 aromatic heterocycles. The van der Waals surface area contributed by atoms with Gasteiger partial charge in [-0.05, 0) is 42.5 Å². The summed E-state index contributed by atoms with van der Waals surface area (Å²) in [4.78, 5) is 24.5. The van der Waals surface area contributed by atoms with Gasteiger partial charge in [-0.25, -0.2) is 0 Å². The quantitative estimate of drug-likeness (QED) is 0.736. The molecule has 0 spiro atoms. The summed E-state index contributed by atoms with van der Waals surface area (Å²) in [5, 5.41) is 5.92.